The number of piperidine rings is 1. The quantitative estimate of drug-likeness (QED) is 0.763. The minimum Gasteiger partial charge on any atom is -0.316 e. The largest absolute Gasteiger partial charge is 0.316 e. The number of hydrogen-bond acceptors (Lipinski definition) is 3. The van der Waals surface area contributed by atoms with Crippen LogP contribution in [-0.2, 0) is 6.42 Å². The van der Waals surface area contributed by atoms with Crippen LogP contribution in [0.2, 0.25) is 0 Å². The Labute approximate surface area is 115 Å². The van der Waals surface area contributed by atoms with Gasteiger partial charge < -0.3 is 10.2 Å². The molecule has 3 heteroatoms. The molecule has 1 aromatic heterocycles. The lowest BCUT2D eigenvalue weighted by Gasteiger charge is -2.33. The van der Waals surface area contributed by atoms with Crippen LogP contribution in [0.25, 0.3) is 0 Å². The van der Waals surface area contributed by atoms with Gasteiger partial charge in [0.2, 0.25) is 0 Å². The van der Waals surface area contributed by atoms with Gasteiger partial charge in [-0.3, -0.25) is 0 Å². The fourth-order valence-electron chi connectivity index (χ4n) is 2.69. The smallest absolute Gasteiger partial charge is 0.00669 e. The van der Waals surface area contributed by atoms with Crippen molar-refractivity contribution < 1.29 is 0 Å². The van der Waals surface area contributed by atoms with Gasteiger partial charge >= 0.3 is 0 Å². The SMILES string of the molecule is CC1CCCCN1CCCNCCc1cccs1. The van der Waals surface area contributed by atoms with Crippen LogP contribution in [0.15, 0.2) is 17.5 Å². The molecule has 1 aromatic rings. The van der Waals surface area contributed by atoms with E-state index in [2.05, 4.69) is 34.7 Å². The molecule has 0 bridgehead atoms. The maximum Gasteiger partial charge on any atom is 0.00669 e. The van der Waals surface area contributed by atoms with Crippen molar-refractivity contribution in [1.29, 1.82) is 0 Å². The fraction of sp³-hybridized carbons (Fsp3) is 0.733. The second-order valence-corrected chi connectivity index (χ2v) is 6.35. The molecule has 18 heavy (non-hydrogen) atoms. The third-order valence-corrected chi connectivity index (χ3v) is 4.80. The van der Waals surface area contributed by atoms with E-state index in [1.165, 1.54) is 50.1 Å². The average Bonchev–Trinajstić information content (AvgIpc) is 2.89. The van der Waals surface area contributed by atoms with Crippen LogP contribution in [0.5, 0.6) is 0 Å². The highest BCUT2D eigenvalue weighted by Crippen LogP contribution is 2.16. The van der Waals surface area contributed by atoms with Gasteiger partial charge in [0.05, 0.1) is 0 Å². The predicted molar refractivity (Wildman–Crippen MR) is 80.4 cm³/mol. The van der Waals surface area contributed by atoms with Crippen LogP contribution in [0, 0.1) is 0 Å². The maximum atomic E-state index is 3.56. The standard InChI is InChI=1S/C15H26N2S/c1-14-6-2-3-11-17(14)12-5-9-16-10-8-15-7-4-13-18-15/h4,7,13-14,16H,2-3,5-6,8-12H2,1H3. The van der Waals surface area contributed by atoms with E-state index in [-0.39, 0.29) is 0 Å². The second-order valence-electron chi connectivity index (χ2n) is 5.31. The zero-order valence-corrected chi connectivity index (χ0v) is 12.3. The van der Waals surface area contributed by atoms with E-state index in [9.17, 15) is 0 Å². The third-order valence-electron chi connectivity index (χ3n) is 3.87. The predicted octanol–water partition coefficient (Wildman–Crippen LogP) is 3.14. The molecule has 1 unspecified atom stereocenters. The molecule has 0 radical (unpaired) electrons. The van der Waals surface area contributed by atoms with Crippen molar-refractivity contribution in [2.24, 2.45) is 0 Å². The highest BCUT2D eigenvalue weighted by atomic mass is 32.1. The minimum absolute atomic E-state index is 0.810. The molecule has 0 amide bonds. The third kappa shape index (κ3) is 4.71. The molecule has 2 heterocycles. The van der Waals surface area contributed by atoms with Crippen molar-refractivity contribution in [3.05, 3.63) is 22.4 Å². The summed E-state index contributed by atoms with van der Waals surface area (Å²) in [6, 6.07) is 5.17. The Hall–Kier alpha value is -0.380. The van der Waals surface area contributed by atoms with Crippen LogP contribution in [0.3, 0.4) is 0 Å². The summed E-state index contributed by atoms with van der Waals surface area (Å²) in [7, 11) is 0. The number of likely N-dealkylation sites (tertiary alicyclic amines) is 1. The molecule has 0 saturated carbocycles. The van der Waals surface area contributed by atoms with Crippen molar-refractivity contribution >= 4 is 11.3 Å². The van der Waals surface area contributed by atoms with E-state index in [1.807, 2.05) is 11.3 Å². The van der Waals surface area contributed by atoms with E-state index in [0.29, 0.717) is 0 Å². The molecular formula is C15H26N2S. The highest BCUT2D eigenvalue weighted by molar-refractivity contribution is 7.09. The van der Waals surface area contributed by atoms with Crippen LogP contribution in [0.1, 0.15) is 37.5 Å². The Balaban J connectivity index is 1.48. The first-order valence-electron chi connectivity index (χ1n) is 7.33. The molecule has 0 aliphatic carbocycles. The average molecular weight is 266 g/mol. The summed E-state index contributed by atoms with van der Waals surface area (Å²) in [5, 5.41) is 5.72. The summed E-state index contributed by atoms with van der Waals surface area (Å²) >= 11 is 1.86. The molecule has 0 aromatic carbocycles. The number of rotatable bonds is 7. The summed E-state index contributed by atoms with van der Waals surface area (Å²) in [6.45, 7) is 7.25. The Bertz CT molecular complexity index is 310. The zero-order chi connectivity index (χ0) is 12.6. The lowest BCUT2D eigenvalue weighted by molar-refractivity contribution is 0.159. The number of hydrogen-bond donors (Lipinski definition) is 1. The molecule has 1 fully saturated rings. The van der Waals surface area contributed by atoms with Gasteiger partial charge in [-0.1, -0.05) is 12.5 Å². The van der Waals surface area contributed by atoms with Gasteiger partial charge in [-0.05, 0) is 70.2 Å². The van der Waals surface area contributed by atoms with Crippen molar-refractivity contribution in [3.63, 3.8) is 0 Å². The van der Waals surface area contributed by atoms with E-state index in [0.717, 1.165) is 19.1 Å². The van der Waals surface area contributed by atoms with Gasteiger partial charge in [-0.2, -0.15) is 0 Å². The molecule has 1 atom stereocenters. The van der Waals surface area contributed by atoms with Crippen molar-refractivity contribution in [3.8, 4) is 0 Å². The molecule has 1 saturated heterocycles. The number of nitrogens with zero attached hydrogens (tertiary/aromatic N) is 1. The molecule has 1 N–H and O–H groups in total. The van der Waals surface area contributed by atoms with Crippen molar-refractivity contribution in [2.45, 2.75) is 45.1 Å². The van der Waals surface area contributed by atoms with Crippen LogP contribution >= 0.6 is 11.3 Å². The molecule has 2 rings (SSSR count). The van der Waals surface area contributed by atoms with Crippen LogP contribution in [0.4, 0.5) is 0 Å². The van der Waals surface area contributed by atoms with Crippen LogP contribution in [-0.4, -0.2) is 37.1 Å². The normalized spacial score (nSPS) is 21.3. The monoisotopic (exact) mass is 266 g/mol. The lowest BCUT2D eigenvalue weighted by Crippen LogP contribution is -2.39. The van der Waals surface area contributed by atoms with Crippen molar-refractivity contribution in [2.75, 3.05) is 26.2 Å². The first kappa shape index (κ1) is 14.0. The summed E-state index contributed by atoms with van der Waals surface area (Å²) in [5.74, 6) is 0. The lowest BCUT2D eigenvalue weighted by atomic mass is 10.0. The molecule has 2 nitrogen and oxygen atoms in total. The van der Waals surface area contributed by atoms with Gasteiger partial charge in [0.1, 0.15) is 0 Å². The van der Waals surface area contributed by atoms with E-state index < -0.39 is 0 Å². The molecule has 102 valence electrons. The Kier molecular flexibility index (Phi) is 6.18. The summed E-state index contributed by atoms with van der Waals surface area (Å²) < 4.78 is 0. The Morgan fingerprint density at radius 3 is 3.11 bits per heavy atom. The zero-order valence-electron chi connectivity index (χ0n) is 11.5. The summed E-state index contributed by atoms with van der Waals surface area (Å²) in [5.41, 5.74) is 0. The van der Waals surface area contributed by atoms with Gasteiger partial charge in [0.25, 0.3) is 0 Å². The highest BCUT2D eigenvalue weighted by Gasteiger charge is 2.16. The van der Waals surface area contributed by atoms with Gasteiger partial charge in [-0.15, -0.1) is 11.3 Å². The minimum atomic E-state index is 0.810. The second kappa shape index (κ2) is 7.93. The van der Waals surface area contributed by atoms with E-state index in [4.69, 9.17) is 0 Å². The van der Waals surface area contributed by atoms with E-state index in [1.54, 1.807) is 0 Å². The summed E-state index contributed by atoms with van der Waals surface area (Å²) in [6.07, 6.45) is 6.69. The van der Waals surface area contributed by atoms with Gasteiger partial charge in [0, 0.05) is 10.9 Å². The fourth-order valence-corrected chi connectivity index (χ4v) is 3.40. The van der Waals surface area contributed by atoms with Gasteiger partial charge in [0.15, 0.2) is 0 Å². The van der Waals surface area contributed by atoms with Crippen LogP contribution < -0.4 is 5.32 Å². The Morgan fingerprint density at radius 2 is 2.33 bits per heavy atom. The first-order chi connectivity index (χ1) is 8.86. The van der Waals surface area contributed by atoms with Crippen molar-refractivity contribution in [1.82, 2.24) is 10.2 Å². The molecule has 1 aliphatic rings. The maximum absolute atomic E-state index is 3.56. The topological polar surface area (TPSA) is 15.3 Å². The molecule has 1 aliphatic heterocycles. The Morgan fingerprint density at radius 1 is 1.39 bits per heavy atom. The molecule has 0 spiro atoms. The number of nitrogens with one attached hydrogen (secondary N) is 1. The van der Waals surface area contributed by atoms with Gasteiger partial charge in [-0.25, -0.2) is 0 Å². The first-order valence-corrected chi connectivity index (χ1v) is 8.21. The summed E-state index contributed by atoms with van der Waals surface area (Å²) in [4.78, 5) is 4.15. The molecular weight excluding hydrogens is 240 g/mol. The number of thiophene rings is 1. The van der Waals surface area contributed by atoms with E-state index >= 15 is 0 Å².